The van der Waals surface area contributed by atoms with Gasteiger partial charge in [0.1, 0.15) is 12.7 Å². The van der Waals surface area contributed by atoms with Crippen molar-refractivity contribution in [1.82, 2.24) is 29.5 Å². The molecule has 2 aromatic rings. The first-order valence-corrected chi connectivity index (χ1v) is 6.68. The summed E-state index contributed by atoms with van der Waals surface area (Å²) in [6, 6.07) is -0.633. The van der Waals surface area contributed by atoms with Crippen molar-refractivity contribution >= 4 is 40.8 Å². The Kier molecular flexibility index (Phi) is 3.79. The van der Waals surface area contributed by atoms with Crippen LogP contribution in [0.4, 0.5) is 4.79 Å². The molecule has 0 atom stereocenters. The third kappa shape index (κ3) is 2.94. The smallest absolute Gasteiger partial charge is 0.243 e. The molecule has 0 aliphatic heterocycles. The topological polar surface area (TPSA) is 78.5 Å². The van der Waals surface area contributed by atoms with Crippen LogP contribution in [0.5, 0.6) is 0 Å². The Morgan fingerprint density at radius 1 is 1.25 bits per heavy atom. The quantitative estimate of drug-likeness (QED) is 0.690. The SMILES string of the molecule is CC(C)(C)c1nc(C(Cl)(Cl)Cl)n(C(=O)n2cncn2)n1. The van der Waals surface area contributed by atoms with Crippen LogP contribution in [0, 0.1) is 0 Å². The predicted molar refractivity (Wildman–Crippen MR) is 74.2 cm³/mol. The van der Waals surface area contributed by atoms with Gasteiger partial charge in [0.2, 0.25) is 3.79 Å². The molecule has 0 unspecified atom stereocenters. The summed E-state index contributed by atoms with van der Waals surface area (Å²) in [5, 5.41) is 7.84. The summed E-state index contributed by atoms with van der Waals surface area (Å²) < 4.78 is 0.00995. The minimum atomic E-state index is -1.88. The van der Waals surface area contributed by atoms with Gasteiger partial charge in [-0.15, -0.1) is 5.10 Å². The fourth-order valence-corrected chi connectivity index (χ4v) is 1.72. The van der Waals surface area contributed by atoms with Crippen molar-refractivity contribution in [2.24, 2.45) is 0 Å². The molecular weight excluding hydrogens is 327 g/mol. The van der Waals surface area contributed by atoms with Gasteiger partial charge in [-0.05, 0) is 0 Å². The van der Waals surface area contributed by atoms with Gasteiger partial charge in [0.15, 0.2) is 11.6 Å². The van der Waals surface area contributed by atoms with Crippen molar-refractivity contribution < 1.29 is 4.79 Å². The molecular formula is C10H11Cl3N6O. The lowest BCUT2D eigenvalue weighted by Crippen LogP contribution is -2.26. The highest BCUT2D eigenvalue weighted by atomic mass is 35.6. The second-order valence-electron chi connectivity index (χ2n) is 5.04. The minimum absolute atomic E-state index is 0.0899. The van der Waals surface area contributed by atoms with E-state index in [1.165, 1.54) is 12.7 Å². The van der Waals surface area contributed by atoms with Crippen LogP contribution < -0.4 is 0 Å². The Morgan fingerprint density at radius 3 is 2.35 bits per heavy atom. The van der Waals surface area contributed by atoms with E-state index in [1.807, 2.05) is 20.8 Å². The molecule has 0 aromatic carbocycles. The number of halogens is 3. The number of alkyl halides is 3. The van der Waals surface area contributed by atoms with Gasteiger partial charge in [0.25, 0.3) is 0 Å². The Hall–Kier alpha value is -1.18. The maximum Gasteiger partial charge on any atom is 0.372 e. The molecule has 0 saturated carbocycles. The van der Waals surface area contributed by atoms with E-state index in [0.717, 1.165) is 9.36 Å². The zero-order valence-corrected chi connectivity index (χ0v) is 13.1. The molecule has 0 spiro atoms. The monoisotopic (exact) mass is 336 g/mol. The Balaban J connectivity index is 2.57. The first-order chi connectivity index (χ1) is 9.10. The summed E-state index contributed by atoms with van der Waals surface area (Å²) in [5.41, 5.74) is -0.404. The van der Waals surface area contributed by atoms with Crippen molar-refractivity contribution in [3.63, 3.8) is 0 Å². The number of aromatic nitrogens is 6. The highest BCUT2D eigenvalue weighted by molar-refractivity contribution is 6.66. The fraction of sp³-hybridized carbons (Fsp3) is 0.500. The predicted octanol–water partition coefficient (Wildman–Crippen LogP) is 2.51. The summed E-state index contributed by atoms with van der Waals surface area (Å²) >= 11 is 17.5. The lowest BCUT2D eigenvalue weighted by Gasteiger charge is -2.12. The van der Waals surface area contributed by atoms with E-state index in [4.69, 9.17) is 34.8 Å². The van der Waals surface area contributed by atoms with Gasteiger partial charge in [-0.3, -0.25) is 0 Å². The number of hydrogen-bond donors (Lipinski definition) is 0. The first-order valence-electron chi connectivity index (χ1n) is 5.55. The van der Waals surface area contributed by atoms with E-state index in [1.54, 1.807) is 0 Å². The molecule has 20 heavy (non-hydrogen) atoms. The van der Waals surface area contributed by atoms with Gasteiger partial charge in [0.05, 0.1) is 0 Å². The molecule has 0 radical (unpaired) electrons. The maximum absolute atomic E-state index is 12.3. The van der Waals surface area contributed by atoms with Crippen molar-refractivity contribution in [3.8, 4) is 0 Å². The van der Waals surface area contributed by atoms with Crippen molar-refractivity contribution in [2.45, 2.75) is 30.0 Å². The lowest BCUT2D eigenvalue weighted by molar-refractivity contribution is 0.237. The summed E-state index contributed by atoms with van der Waals surface area (Å²) in [6.45, 7) is 5.65. The van der Waals surface area contributed by atoms with Crippen LogP contribution in [0.3, 0.4) is 0 Å². The van der Waals surface area contributed by atoms with Crippen LogP contribution in [-0.2, 0) is 9.21 Å². The van der Waals surface area contributed by atoms with Gasteiger partial charge < -0.3 is 0 Å². The van der Waals surface area contributed by atoms with Crippen LogP contribution in [0.1, 0.15) is 32.4 Å². The zero-order valence-electron chi connectivity index (χ0n) is 10.9. The molecule has 0 N–H and O–H groups in total. The van der Waals surface area contributed by atoms with Crippen LogP contribution in [0.25, 0.3) is 0 Å². The summed E-state index contributed by atoms with van der Waals surface area (Å²) in [4.78, 5) is 20.1. The Bertz CT molecular complexity index is 622. The van der Waals surface area contributed by atoms with Gasteiger partial charge in [-0.1, -0.05) is 55.6 Å². The number of rotatable bonds is 0. The largest absolute Gasteiger partial charge is 0.372 e. The molecule has 0 amide bonds. The van der Waals surface area contributed by atoms with Crippen molar-refractivity contribution in [1.29, 1.82) is 0 Å². The zero-order chi connectivity index (χ0) is 15.1. The van der Waals surface area contributed by atoms with E-state index in [0.29, 0.717) is 5.82 Å². The normalized spacial score (nSPS) is 12.7. The highest BCUT2D eigenvalue weighted by Crippen LogP contribution is 2.37. The molecule has 2 aromatic heterocycles. The fourth-order valence-electron chi connectivity index (χ4n) is 1.35. The molecule has 2 heterocycles. The molecule has 2 rings (SSSR count). The molecule has 0 fully saturated rings. The second-order valence-corrected chi connectivity index (χ2v) is 7.32. The van der Waals surface area contributed by atoms with Crippen LogP contribution >= 0.6 is 34.8 Å². The van der Waals surface area contributed by atoms with E-state index in [2.05, 4.69) is 20.2 Å². The van der Waals surface area contributed by atoms with Gasteiger partial charge >= 0.3 is 6.03 Å². The standard InChI is InChI=1S/C10H11Cl3N6O/c1-9(2,3)6-16-7(10(11,12)13)19(17-6)8(20)18-5-14-4-15-18/h4-5H,1-3H3. The van der Waals surface area contributed by atoms with Crippen molar-refractivity contribution in [3.05, 3.63) is 24.3 Å². The van der Waals surface area contributed by atoms with Crippen molar-refractivity contribution in [2.75, 3.05) is 0 Å². The molecule has 108 valence electrons. The molecule has 0 aliphatic carbocycles. The number of carbonyl (C=O) groups is 1. The molecule has 7 nitrogen and oxygen atoms in total. The van der Waals surface area contributed by atoms with E-state index < -0.39 is 15.2 Å². The van der Waals surface area contributed by atoms with E-state index in [-0.39, 0.29) is 5.82 Å². The van der Waals surface area contributed by atoms with Crippen LogP contribution in [-0.4, -0.2) is 35.6 Å². The molecule has 0 saturated heterocycles. The van der Waals surface area contributed by atoms with E-state index in [9.17, 15) is 4.79 Å². The van der Waals surface area contributed by atoms with Gasteiger partial charge in [0, 0.05) is 5.41 Å². The van der Waals surface area contributed by atoms with E-state index >= 15 is 0 Å². The van der Waals surface area contributed by atoms with Gasteiger partial charge in [-0.25, -0.2) is 14.8 Å². The Labute approximate surface area is 129 Å². The first kappa shape index (κ1) is 15.2. The molecule has 0 bridgehead atoms. The minimum Gasteiger partial charge on any atom is -0.243 e. The average molecular weight is 338 g/mol. The van der Waals surface area contributed by atoms with Gasteiger partial charge in [-0.2, -0.15) is 14.5 Å². The number of nitrogens with zero attached hydrogens (tertiary/aromatic N) is 6. The summed E-state index contributed by atoms with van der Waals surface area (Å²) in [6.07, 6.45) is 2.44. The third-order valence-corrected chi connectivity index (χ3v) is 2.83. The Morgan fingerprint density at radius 2 is 1.90 bits per heavy atom. The number of carbonyl (C=O) groups excluding carboxylic acids is 1. The average Bonchev–Trinajstić information content (AvgIpc) is 2.96. The maximum atomic E-state index is 12.3. The highest BCUT2D eigenvalue weighted by Gasteiger charge is 2.35. The second kappa shape index (κ2) is 4.98. The van der Waals surface area contributed by atoms with Crippen LogP contribution in [0.2, 0.25) is 0 Å². The lowest BCUT2D eigenvalue weighted by atomic mass is 9.96. The molecule has 10 heteroatoms. The summed E-state index contributed by atoms with van der Waals surface area (Å²) in [5.74, 6) is 0.292. The third-order valence-electron chi connectivity index (χ3n) is 2.33. The molecule has 0 aliphatic rings. The van der Waals surface area contributed by atoms with Crippen LogP contribution in [0.15, 0.2) is 12.7 Å². The summed E-state index contributed by atoms with van der Waals surface area (Å²) in [7, 11) is 0. The number of hydrogen-bond acceptors (Lipinski definition) is 5.